The summed E-state index contributed by atoms with van der Waals surface area (Å²) in [5.41, 5.74) is 0. The zero-order chi connectivity index (χ0) is 15.2. The van der Waals surface area contributed by atoms with Gasteiger partial charge in [-0.1, -0.05) is 0 Å². The highest BCUT2D eigenvalue weighted by Gasteiger charge is 2.23. The molecule has 0 N–H and O–H groups in total. The van der Waals surface area contributed by atoms with Crippen LogP contribution in [0, 0.1) is 5.92 Å². The standard InChI is InChI=1S/C16H25N3O3/c1-2-21-16-10-17-9-15(18-16)19-6-3-14(4-7-19)22-12-13-5-8-20-11-13/h9-10,13-14H,2-8,11-12H2,1H3. The van der Waals surface area contributed by atoms with Gasteiger partial charge in [0.15, 0.2) is 5.82 Å². The Balaban J connectivity index is 1.45. The molecule has 1 aromatic heterocycles. The van der Waals surface area contributed by atoms with Crippen molar-refractivity contribution in [3.05, 3.63) is 12.4 Å². The number of rotatable bonds is 6. The second-order valence-electron chi connectivity index (χ2n) is 5.90. The Morgan fingerprint density at radius 1 is 1.27 bits per heavy atom. The molecule has 3 rings (SSSR count). The molecule has 2 saturated heterocycles. The van der Waals surface area contributed by atoms with Gasteiger partial charge in [-0.15, -0.1) is 0 Å². The largest absolute Gasteiger partial charge is 0.477 e. The molecule has 0 radical (unpaired) electrons. The van der Waals surface area contributed by atoms with Gasteiger partial charge in [0, 0.05) is 25.6 Å². The van der Waals surface area contributed by atoms with Gasteiger partial charge in [-0.2, -0.15) is 4.98 Å². The highest BCUT2D eigenvalue weighted by Crippen LogP contribution is 2.22. The Morgan fingerprint density at radius 3 is 2.86 bits per heavy atom. The monoisotopic (exact) mass is 307 g/mol. The number of aromatic nitrogens is 2. The van der Waals surface area contributed by atoms with Crippen molar-refractivity contribution in [2.45, 2.75) is 32.3 Å². The second kappa shape index (κ2) is 7.74. The topological polar surface area (TPSA) is 56.7 Å². The Bertz CT molecular complexity index is 458. The van der Waals surface area contributed by atoms with Gasteiger partial charge in [-0.3, -0.25) is 4.98 Å². The van der Waals surface area contributed by atoms with Crippen LogP contribution in [0.1, 0.15) is 26.2 Å². The summed E-state index contributed by atoms with van der Waals surface area (Å²) in [7, 11) is 0. The zero-order valence-electron chi connectivity index (χ0n) is 13.2. The van der Waals surface area contributed by atoms with Gasteiger partial charge in [0.25, 0.3) is 0 Å². The molecule has 1 unspecified atom stereocenters. The predicted octanol–water partition coefficient (Wildman–Crippen LogP) is 1.90. The fourth-order valence-electron chi connectivity index (χ4n) is 2.95. The summed E-state index contributed by atoms with van der Waals surface area (Å²) >= 11 is 0. The quantitative estimate of drug-likeness (QED) is 0.800. The van der Waals surface area contributed by atoms with Crippen LogP contribution in [-0.2, 0) is 9.47 Å². The first-order valence-corrected chi connectivity index (χ1v) is 8.24. The lowest BCUT2D eigenvalue weighted by molar-refractivity contribution is 0.0131. The molecule has 2 aliphatic rings. The predicted molar refractivity (Wildman–Crippen MR) is 83.3 cm³/mol. The van der Waals surface area contributed by atoms with E-state index >= 15 is 0 Å². The molecule has 122 valence electrons. The van der Waals surface area contributed by atoms with Gasteiger partial charge in [0.1, 0.15) is 0 Å². The molecule has 6 nitrogen and oxygen atoms in total. The minimum Gasteiger partial charge on any atom is -0.477 e. The number of ether oxygens (including phenoxy) is 3. The van der Waals surface area contributed by atoms with Gasteiger partial charge in [0.05, 0.1) is 38.3 Å². The lowest BCUT2D eigenvalue weighted by Crippen LogP contribution is -2.38. The number of piperidine rings is 1. The van der Waals surface area contributed by atoms with Gasteiger partial charge < -0.3 is 19.1 Å². The van der Waals surface area contributed by atoms with Crippen molar-refractivity contribution in [1.82, 2.24) is 9.97 Å². The van der Waals surface area contributed by atoms with Gasteiger partial charge >= 0.3 is 0 Å². The van der Waals surface area contributed by atoms with Crippen LogP contribution in [0.4, 0.5) is 5.82 Å². The van der Waals surface area contributed by atoms with E-state index in [4.69, 9.17) is 14.2 Å². The first-order chi connectivity index (χ1) is 10.8. The minimum absolute atomic E-state index is 0.361. The van der Waals surface area contributed by atoms with E-state index in [-0.39, 0.29) is 0 Å². The molecule has 2 fully saturated rings. The molecular formula is C16H25N3O3. The van der Waals surface area contributed by atoms with Crippen molar-refractivity contribution in [2.75, 3.05) is 44.4 Å². The van der Waals surface area contributed by atoms with E-state index in [1.165, 1.54) is 0 Å². The molecule has 0 aromatic carbocycles. The summed E-state index contributed by atoms with van der Waals surface area (Å²) in [6.07, 6.45) is 7.03. The average molecular weight is 307 g/mol. The van der Waals surface area contributed by atoms with E-state index in [9.17, 15) is 0 Å². The molecule has 6 heteroatoms. The third-order valence-corrected chi connectivity index (χ3v) is 4.25. The first-order valence-electron chi connectivity index (χ1n) is 8.24. The summed E-state index contributed by atoms with van der Waals surface area (Å²) in [6, 6.07) is 0. The Kier molecular flexibility index (Phi) is 5.45. The van der Waals surface area contributed by atoms with Crippen molar-refractivity contribution < 1.29 is 14.2 Å². The van der Waals surface area contributed by atoms with Crippen molar-refractivity contribution in [2.24, 2.45) is 5.92 Å². The van der Waals surface area contributed by atoms with E-state index in [2.05, 4.69) is 14.9 Å². The van der Waals surface area contributed by atoms with Crippen LogP contribution >= 0.6 is 0 Å². The average Bonchev–Trinajstić information content (AvgIpc) is 3.08. The fraction of sp³-hybridized carbons (Fsp3) is 0.750. The second-order valence-corrected chi connectivity index (χ2v) is 5.90. The van der Waals surface area contributed by atoms with Gasteiger partial charge in [0.2, 0.25) is 5.88 Å². The van der Waals surface area contributed by atoms with Gasteiger partial charge in [-0.05, 0) is 26.2 Å². The summed E-state index contributed by atoms with van der Waals surface area (Å²) < 4.78 is 16.9. The summed E-state index contributed by atoms with van der Waals surface area (Å²) in [4.78, 5) is 11.0. The van der Waals surface area contributed by atoms with Crippen molar-refractivity contribution in [3.63, 3.8) is 0 Å². The molecule has 1 atom stereocenters. The van der Waals surface area contributed by atoms with Crippen LogP contribution in [0.25, 0.3) is 0 Å². The number of anilines is 1. The van der Waals surface area contributed by atoms with Crippen molar-refractivity contribution in [3.8, 4) is 5.88 Å². The van der Waals surface area contributed by atoms with Gasteiger partial charge in [-0.25, -0.2) is 0 Å². The van der Waals surface area contributed by atoms with E-state index in [0.717, 1.165) is 58.0 Å². The number of hydrogen-bond acceptors (Lipinski definition) is 6. The van der Waals surface area contributed by atoms with E-state index in [1.54, 1.807) is 12.4 Å². The smallest absolute Gasteiger partial charge is 0.234 e. The molecule has 3 heterocycles. The molecule has 0 saturated carbocycles. The highest BCUT2D eigenvalue weighted by molar-refractivity contribution is 5.38. The van der Waals surface area contributed by atoms with Crippen LogP contribution in [0.5, 0.6) is 5.88 Å². The van der Waals surface area contributed by atoms with Crippen LogP contribution < -0.4 is 9.64 Å². The molecule has 0 aliphatic carbocycles. The number of hydrogen-bond donors (Lipinski definition) is 0. The summed E-state index contributed by atoms with van der Waals surface area (Å²) in [5, 5.41) is 0. The Labute approximate surface area is 131 Å². The minimum atomic E-state index is 0.361. The molecule has 1 aromatic rings. The van der Waals surface area contributed by atoms with Crippen molar-refractivity contribution >= 4 is 5.82 Å². The van der Waals surface area contributed by atoms with Crippen molar-refractivity contribution in [1.29, 1.82) is 0 Å². The molecule has 0 amide bonds. The summed E-state index contributed by atoms with van der Waals surface area (Å²) in [6.45, 7) is 7.06. The number of nitrogens with zero attached hydrogens (tertiary/aromatic N) is 3. The third-order valence-electron chi connectivity index (χ3n) is 4.25. The van der Waals surface area contributed by atoms with E-state index in [1.807, 2.05) is 6.92 Å². The molecule has 2 aliphatic heterocycles. The van der Waals surface area contributed by atoms with Crippen LogP contribution in [0.3, 0.4) is 0 Å². The lowest BCUT2D eigenvalue weighted by Gasteiger charge is -2.33. The van der Waals surface area contributed by atoms with E-state index in [0.29, 0.717) is 24.5 Å². The maximum atomic E-state index is 6.05. The molecule has 22 heavy (non-hydrogen) atoms. The highest BCUT2D eigenvalue weighted by atomic mass is 16.5. The summed E-state index contributed by atoms with van der Waals surface area (Å²) in [5.74, 6) is 2.08. The van der Waals surface area contributed by atoms with Crippen LogP contribution in [0.2, 0.25) is 0 Å². The zero-order valence-corrected chi connectivity index (χ0v) is 13.2. The molecule has 0 spiro atoms. The van der Waals surface area contributed by atoms with Crippen LogP contribution in [-0.4, -0.2) is 55.6 Å². The SMILES string of the molecule is CCOc1cncc(N2CCC(OCC3CCOC3)CC2)n1. The van der Waals surface area contributed by atoms with E-state index < -0.39 is 0 Å². The maximum Gasteiger partial charge on any atom is 0.234 e. The van der Waals surface area contributed by atoms with Crippen LogP contribution in [0.15, 0.2) is 12.4 Å². The first kappa shape index (κ1) is 15.5. The fourth-order valence-corrected chi connectivity index (χ4v) is 2.95. The Hall–Kier alpha value is -1.40. The lowest BCUT2D eigenvalue weighted by atomic mass is 10.1. The normalized spacial score (nSPS) is 23.0. The molecular weight excluding hydrogens is 282 g/mol. The third kappa shape index (κ3) is 4.08. The Morgan fingerprint density at radius 2 is 2.14 bits per heavy atom. The maximum absolute atomic E-state index is 6.05. The molecule has 0 bridgehead atoms.